The first kappa shape index (κ1) is 36.3. The number of ketones is 1. The Kier molecular flexibility index (Phi) is 10.9. The van der Waals surface area contributed by atoms with E-state index in [0.717, 1.165) is 52.8 Å². The third kappa shape index (κ3) is 7.72. The number of halogens is 1. The Morgan fingerprint density at radius 2 is 1.75 bits per heavy atom. The molecule has 3 aliphatic rings. The number of carboxylic acid groups (broad SMARTS) is 1. The molecule has 3 atom stereocenters. The van der Waals surface area contributed by atoms with Gasteiger partial charge >= 0.3 is 5.97 Å². The van der Waals surface area contributed by atoms with Crippen LogP contribution in [0.4, 0.5) is 0 Å². The van der Waals surface area contributed by atoms with Gasteiger partial charge in [-0.15, -0.1) is 0 Å². The van der Waals surface area contributed by atoms with E-state index in [4.69, 9.17) is 30.8 Å². The number of carbonyl (C=O) groups excluding carboxylic acids is 1. The van der Waals surface area contributed by atoms with Gasteiger partial charge in [-0.1, -0.05) is 54.1 Å². The van der Waals surface area contributed by atoms with Crippen molar-refractivity contribution in [3.63, 3.8) is 0 Å². The third-order valence-corrected chi connectivity index (χ3v) is 10.9. The summed E-state index contributed by atoms with van der Waals surface area (Å²) in [7, 11) is 3.14. The molecule has 274 valence electrons. The number of methoxy groups -OCH3 is 2. The van der Waals surface area contributed by atoms with Gasteiger partial charge < -0.3 is 24.6 Å². The van der Waals surface area contributed by atoms with E-state index in [1.54, 1.807) is 20.3 Å². The van der Waals surface area contributed by atoms with Crippen molar-refractivity contribution in [1.82, 2.24) is 20.2 Å². The number of nitrogens with zero attached hydrogens (tertiary/aromatic N) is 4. The maximum absolute atomic E-state index is 11.7. The number of carbonyl (C=O) groups is 2. The van der Waals surface area contributed by atoms with Crippen LogP contribution in [0.15, 0.2) is 54.6 Å². The van der Waals surface area contributed by atoms with Gasteiger partial charge in [-0.25, -0.2) is 4.98 Å². The van der Waals surface area contributed by atoms with Gasteiger partial charge in [-0.2, -0.15) is 10.2 Å². The number of carboxylic acids is 1. The van der Waals surface area contributed by atoms with E-state index >= 15 is 0 Å². The van der Waals surface area contributed by atoms with Crippen LogP contribution in [0.25, 0.3) is 22.4 Å². The second-order valence-electron chi connectivity index (χ2n) is 14.0. The number of benzene rings is 2. The molecule has 0 spiro atoms. The van der Waals surface area contributed by atoms with Crippen LogP contribution in [0.3, 0.4) is 0 Å². The second kappa shape index (κ2) is 15.9. The van der Waals surface area contributed by atoms with Gasteiger partial charge in [0.05, 0.1) is 31.4 Å². The van der Waals surface area contributed by atoms with Gasteiger partial charge in [0.25, 0.3) is 0 Å². The quantitative estimate of drug-likeness (QED) is 0.150. The predicted molar refractivity (Wildman–Crippen MR) is 199 cm³/mol. The van der Waals surface area contributed by atoms with Crippen LogP contribution >= 0.6 is 11.6 Å². The molecule has 1 aliphatic heterocycles. The van der Waals surface area contributed by atoms with Crippen LogP contribution in [0.1, 0.15) is 66.0 Å². The highest BCUT2D eigenvalue weighted by Gasteiger charge is 2.31. The fourth-order valence-corrected chi connectivity index (χ4v) is 8.15. The van der Waals surface area contributed by atoms with Crippen molar-refractivity contribution >= 4 is 23.4 Å². The number of nitriles is 1. The summed E-state index contributed by atoms with van der Waals surface area (Å²) >= 11 is 6.74. The zero-order valence-corrected chi connectivity index (χ0v) is 30.6. The van der Waals surface area contributed by atoms with Gasteiger partial charge in [-0.05, 0) is 73.5 Å². The summed E-state index contributed by atoms with van der Waals surface area (Å²) < 4.78 is 17.8. The van der Waals surface area contributed by atoms with Crippen molar-refractivity contribution in [1.29, 1.82) is 5.26 Å². The van der Waals surface area contributed by atoms with E-state index in [1.807, 2.05) is 48.5 Å². The Morgan fingerprint density at radius 3 is 2.49 bits per heavy atom. The summed E-state index contributed by atoms with van der Waals surface area (Å²) in [4.78, 5) is 34.6. The molecule has 12 heteroatoms. The predicted octanol–water partition coefficient (Wildman–Crippen LogP) is 6.78. The monoisotopic (exact) mass is 735 g/mol. The zero-order chi connectivity index (χ0) is 37.1. The Balaban J connectivity index is 1.10. The number of hydrogen-bond acceptors (Lipinski definition) is 10. The Bertz CT molecular complexity index is 2080. The normalized spacial score (nSPS) is 19.6. The van der Waals surface area contributed by atoms with Gasteiger partial charge in [0.1, 0.15) is 23.0 Å². The molecule has 0 unspecified atom stereocenters. The first-order valence-electron chi connectivity index (χ1n) is 18.0. The standard InChI is InChI=1S/C41H42ClN5O6/c1-51-38-25(21-44-20-24-9-11-28(48)17-24)10-13-36(45-38)32-7-3-6-30(34(32)19-43)29-5-4-8-33-31(29)12-14-37(33)53-40-35(42)18-27(39(46-40)52-2)23-47-16-15-26(22-47)41(49)50/h3-8,10,13,18,24,26,37,44H,9,11-12,14-17,20-23H2,1-2H3,(H,49,50)/t24-,26-,37+/m1/s1. The highest BCUT2D eigenvalue weighted by atomic mass is 35.5. The number of rotatable bonds is 13. The fraction of sp³-hybridized carbons (Fsp3) is 0.390. The van der Waals surface area contributed by atoms with E-state index in [0.29, 0.717) is 97.2 Å². The molecule has 0 radical (unpaired) electrons. The summed E-state index contributed by atoms with van der Waals surface area (Å²) in [6.45, 7) is 2.95. The summed E-state index contributed by atoms with van der Waals surface area (Å²) in [5, 5.41) is 23.7. The molecule has 2 aromatic carbocycles. The summed E-state index contributed by atoms with van der Waals surface area (Å²) in [5.41, 5.74) is 7.44. The maximum Gasteiger partial charge on any atom is 0.307 e. The van der Waals surface area contributed by atoms with E-state index in [2.05, 4.69) is 21.3 Å². The average molecular weight is 736 g/mol. The van der Waals surface area contributed by atoms with E-state index in [1.165, 1.54) is 0 Å². The highest BCUT2D eigenvalue weighted by Crippen LogP contribution is 2.43. The highest BCUT2D eigenvalue weighted by molar-refractivity contribution is 6.31. The van der Waals surface area contributed by atoms with Crippen molar-refractivity contribution in [2.75, 3.05) is 33.9 Å². The number of Topliss-reactive ketones (excluding diaryl/α,β-unsaturated/α-hetero) is 1. The number of aromatic nitrogens is 2. The van der Waals surface area contributed by atoms with Crippen molar-refractivity contribution in [2.24, 2.45) is 11.8 Å². The van der Waals surface area contributed by atoms with Crippen molar-refractivity contribution < 1.29 is 28.9 Å². The van der Waals surface area contributed by atoms with Gasteiger partial charge in [0, 0.05) is 54.7 Å². The van der Waals surface area contributed by atoms with Crippen LogP contribution in [0.2, 0.25) is 5.02 Å². The zero-order valence-electron chi connectivity index (χ0n) is 29.9. The largest absolute Gasteiger partial charge is 0.481 e. The molecule has 1 saturated heterocycles. The lowest BCUT2D eigenvalue weighted by atomic mass is 9.90. The van der Waals surface area contributed by atoms with Crippen LogP contribution < -0.4 is 19.5 Å². The summed E-state index contributed by atoms with van der Waals surface area (Å²) in [6.07, 6.45) is 3.97. The minimum absolute atomic E-state index is 0.271. The number of likely N-dealkylation sites (tertiary alicyclic amines) is 1. The minimum atomic E-state index is -0.779. The molecule has 2 aromatic heterocycles. The number of ether oxygens (including phenoxy) is 3. The Labute approximate surface area is 313 Å². The third-order valence-electron chi connectivity index (χ3n) is 10.6. The van der Waals surface area contributed by atoms with Crippen LogP contribution in [-0.2, 0) is 29.1 Å². The summed E-state index contributed by atoms with van der Waals surface area (Å²) in [5.74, 6) is 0.700. The van der Waals surface area contributed by atoms with Crippen molar-refractivity contribution in [2.45, 2.75) is 57.7 Å². The van der Waals surface area contributed by atoms with Gasteiger partial charge in [-0.3, -0.25) is 14.5 Å². The molecule has 2 N–H and O–H groups in total. The molecule has 2 aliphatic carbocycles. The minimum Gasteiger partial charge on any atom is -0.481 e. The van der Waals surface area contributed by atoms with Crippen LogP contribution in [0, 0.1) is 23.2 Å². The molecule has 0 bridgehead atoms. The average Bonchev–Trinajstić information content (AvgIpc) is 3.92. The number of pyridine rings is 2. The van der Waals surface area contributed by atoms with E-state index < -0.39 is 5.97 Å². The topological polar surface area (TPSA) is 147 Å². The van der Waals surface area contributed by atoms with Gasteiger partial charge in [0.15, 0.2) is 0 Å². The molecule has 7 rings (SSSR count). The lowest BCUT2D eigenvalue weighted by molar-refractivity contribution is -0.141. The molecule has 3 heterocycles. The molecular weight excluding hydrogens is 694 g/mol. The lowest BCUT2D eigenvalue weighted by Gasteiger charge is -2.20. The number of hydrogen-bond donors (Lipinski definition) is 2. The fourth-order valence-electron chi connectivity index (χ4n) is 7.93. The SMILES string of the molecule is COc1nc(-c2cccc(-c3cccc4c3CC[C@@H]4Oc3nc(OC)c(CN4CC[C@@H](C(=O)O)C4)cc3Cl)c2C#N)ccc1CNC[C@@H]1CCC(=O)C1. The first-order valence-corrected chi connectivity index (χ1v) is 18.4. The molecule has 53 heavy (non-hydrogen) atoms. The second-order valence-corrected chi connectivity index (χ2v) is 14.4. The van der Waals surface area contributed by atoms with Gasteiger partial charge in [0.2, 0.25) is 17.6 Å². The maximum atomic E-state index is 11.7. The Morgan fingerprint density at radius 1 is 0.981 bits per heavy atom. The summed E-state index contributed by atoms with van der Waals surface area (Å²) in [6, 6.07) is 20.0. The van der Waals surface area contributed by atoms with Crippen LogP contribution in [0.5, 0.6) is 17.6 Å². The molecule has 2 fully saturated rings. The number of aliphatic carboxylic acids is 1. The lowest BCUT2D eigenvalue weighted by Crippen LogP contribution is -2.23. The molecule has 1 saturated carbocycles. The molecule has 0 amide bonds. The molecule has 4 aromatic rings. The smallest absolute Gasteiger partial charge is 0.307 e. The van der Waals surface area contributed by atoms with Crippen molar-refractivity contribution in [3.8, 4) is 46.1 Å². The molecular formula is C41H42ClN5O6. The van der Waals surface area contributed by atoms with E-state index in [9.17, 15) is 20.0 Å². The molecule has 11 nitrogen and oxygen atoms in total. The Hall–Kier alpha value is -5.02. The van der Waals surface area contributed by atoms with Crippen molar-refractivity contribution in [3.05, 3.63) is 87.4 Å². The number of fused-ring (bicyclic) bond motifs is 1. The number of nitrogens with one attached hydrogen (secondary N) is 1. The van der Waals surface area contributed by atoms with E-state index in [-0.39, 0.29) is 17.9 Å². The first-order chi connectivity index (χ1) is 25.8. The van der Waals surface area contributed by atoms with Crippen LogP contribution in [-0.4, -0.2) is 65.6 Å².